The number of nitrogens with one attached hydrogen (secondary N) is 1. The summed E-state index contributed by atoms with van der Waals surface area (Å²) in [6.07, 6.45) is 2.74. The highest BCUT2D eigenvalue weighted by Gasteiger charge is 2.22. The first-order valence-corrected chi connectivity index (χ1v) is 8.61. The molecule has 1 aliphatic rings. The SMILES string of the molecule is CC1CCc2ccccc2N1CCC(=O)Nc1ccc(CN)cc1.Cl.Cl. The van der Waals surface area contributed by atoms with Crippen molar-refractivity contribution in [3.63, 3.8) is 0 Å². The number of amides is 1. The van der Waals surface area contributed by atoms with E-state index in [9.17, 15) is 4.79 Å². The van der Waals surface area contributed by atoms with E-state index < -0.39 is 0 Å². The number of nitrogens with two attached hydrogens (primary N) is 1. The summed E-state index contributed by atoms with van der Waals surface area (Å²) in [7, 11) is 0. The van der Waals surface area contributed by atoms with Crippen molar-refractivity contribution >= 4 is 42.1 Å². The predicted octanol–water partition coefficient (Wildman–Crippen LogP) is 4.16. The van der Waals surface area contributed by atoms with Crippen molar-refractivity contribution in [1.29, 1.82) is 0 Å². The minimum atomic E-state index is 0. The van der Waals surface area contributed by atoms with Gasteiger partial charge in [0.25, 0.3) is 0 Å². The molecule has 1 unspecified atom stereocenters. The molecular weight excluding hydrogens is 369 g/mol. The van der Waals surface area contributed by atoms with Gasteiger partial charge in [0.1, 0.15) is 0 Å². The molecule has 1 atom stereocenters. The molecule has 26 heavy (non-hydrogen) atoms. The van der Waals surface area contributed by atoms with E-state index in [2.05, 4.69) is 41.4 Å². The molecule has 2 aromatic carbocycles. The van der Waals surface area contributed by atoms with Crippen molar-refractivity contribution < 1.29 is 4.79 Å². The summed E-state index contributed by atoms with van der Waals surface area (Å²) in [6, 6.07) is 16.7. The third kappa shape index (κ3) is 5.37. The molecule has 0 saturated heterocycles. The van der Waals surface area contributed by atoms with E-state index in [4.69, 9.17) is 5.73 Å². The van der Waals surface area contributed by atoms with Crippen LogP contribution in [0.15, 0.2) is 48.5 Å². The van der Waals surface area contributed by atoms with Gasteiger partial charge in [-0.05, 0) is 49.1 Å². The second-order valence-corrected chi connectivity index (χ2v) is 6.41. The first-order chi connectivity index (χ1) is 11.7. The Kier molecular flexibility index (Phi) is 8.93. The quantitative estimate of drug-likeness (QED) is 0.798. The van der Waals surface area contributed by atoms with E-state index in [0.29, 0.717) is 19.0 Å². The molecule has 1 heterocycles. The van der Waals surface area contributed by atoms with Crippen LogP contribution in [0.2, 0.25) is 0 Å². The number of carbonyl (C=O) groups excluding carboxylic acids is 1. The molecule has 0 radical (unpaired) electrons. The van der Waals surface area contributed by atoms with Gasteiger partial charge in [-0.15, -0.1) is 24.8 Å². The van der Waals surface area contributed by atoms with Crippen LogP contribution in [0.4, 0.5) is 11.4 Å². The molecule has 0 aliphatic carbocycles. The fourth-order valence-corrected chi connectivity index (χ4v) is 3.27. The van der Waals surface area contributed by atoms with Crippen molar-refractivity contribution in [1.82, 2.24) is 0 Å². The van der Waals surface area contributed by atoms with Crippen LogP contribution >= 0.6 is 24.8 Å². The van der Waals surface area contributed by atoms with Gasteiger partial charge >= 0.3 is 0 Å². The van der Waals surface area contributed by atoms with Gasteiger partial charge in [-0.1, -0.05) is 30.3 Å². The molecule has 0 saturated carbocycles. The first-order valence-electron chi connectivity index (χ1n) is 8.61. The molecule has 142 valence electrons. The van der Waals surface area contributed by atoms with E-state index in [0.717, 1.165) is 30.6 Å². The smallest absolute Gasteiger partial charge is 0.226 e. The van der Waals surface area contributed by atoms with E-state index in [-0.39, 0.29) is 30.7 Å². The number of para-hydroxylation sites is 1. The van der Waals surface area contributed by atoms with E-state index in [1.165, 1.54) is 11.3 Å². The minimum absolute atomic E-state index is 0. The lowest BCUT2D eigenvalue weighted by Crippen LogP contribution is -2.39. The molecule has 1 aliphatic heterocycles. The summed E-state index contributed by atoms with van der Waals surface area (Å²) in [5.74, 6) is 0.0470. The largest absolute Gasteiger partial charge is 0.368 e. The molecule has 1 amide bonds. The van der Waals surface area contributed by atoms with Crippen LogP contribution < -0.4 is 16.0 Å². The van der Waals surface area contributed by atoms with Gasteiger partial charge in [-0.25, -0.2) is 0 Å². The van der Waals surface area contributed by atoms with Crippen LogP contribution in [0.25, 0.3) is 0 Å². The van der Waals surface area contributed by atoms with E-state index in [1.54, 1.807) is 0 Å². The van der Waals surface area contributed by atoms with Gasteiger partial charge in [0.2, 0.25) is 5.91 Å². The zero-order valence-corrected chi connectivity index (χ0v) is 16.6. The Morgan fingerprint density at radius 2 is 1.85 bits per heavy atom. The van der Waals surface area contributed by atoms with E-state index in [1.807, 2.05) is 24.3 Å². The number of aryl methyl sites for hydroxylation is 1. The molecule has 6 heteroatoms. The maximum Gasteiger partial charge on any atom is 0.226 e. The predicted molar refractivity (Wildman–Crippen MR) is 114 cm³/mol. The number of nitrogens with zero attached hydrogens (tertiary/aromatic N) is 1. The molecule has 0 aromatic heterocycles. The second-order valence-electron chi connectivity index (χ2n) is 6.41. The van der Waals surface area contributed by atoms with Crippen molar-refractivity contribution in [3.8, 4) is 0 Å². The second kappa shape index (κ2) is 10.4. The van der Waals surface area contributed by atoms with Gasteiger partial charge in [0, 0.05) is 36.9 Å². The number of halogens is 2. The van der Waals surface area contributed by atoms with Crippen LogP contribution in [0.3, 0.4) is 0 Å². The van der Waals surface area contributed by atoms with Gasteiger partial charge in [-0.2, -0.15) is 0 Å². The average molecular weight is 396 g/mol. The zero-order valence-electron chi connectivity index (χ0n) is 15.0. The molecule has 2 aromatic rings. The summed E-state index contributed by atoms with van der Waals surface area (Å²) in [4.78, 5) is 14.6. The molecule has 0 bridgehead atoms. The number of fused-ring (bicyclic) bond motifs is 1. The first kappa shape index (κ1) is 22.3. The van der Waals surface area contributed by atoms with Crippen LogP contribution in [-0.4, -0.2) is 18.5 Å². The monoisotopic (exact) mass is 395 g/mol. The summed E-state index contributed by atoms with van der Waals surface area (Å²) < 4.78 is 0. The lowest BCUT2D eigenvalue weighted by atomic mass is 9.96. The Morgan fingerprint density at radius 1 is 1.15 bits per heavy atom. The highest BCUT2D eigenvalue weighted by molar-refractivity contribution is 5.91. The topological polar surface area (TPSA) is 58.4 Å². The van der Waals surface area contributed by atoms with Crippen molar-refractivity contribution in [2.75, 3.05) is 16.8 Å². The third-order valence-corrected chi connectivity index (χ3v) is 4.72. The Morgan fingerprint density at radius 3 is 2.54 bits per heavy atom. The number of carbonyl (C=O) groups is 1. The summed E-state index contributed by atoms with van der Waals surface area (Å²) in [6.45, 7) is 3.49. The minimum Gasteiger partial charge on any atom is -0.368 e. The molecule has 4 nitrogen and oxygen atoms in total. The lowest BCUT2D eigenvalue weighted by Gasteiger charge is -2.37. The molecule has 3 N–H and O–H groups in total. The number of benzene rings is 2. The Labute approximate surface area is 168 Å². The lowest BCUT2D eigenvalue weighted by molar-refractivity contribution is -0.116. The maximum absolute atomic E-state index is 12.3. The molecule has 0 fully saturated rings. The highest BCUT2D eigenvalue weighted by Crippen LogP contribution is 2.30. The molecule has 0 spiro atoms. The summed E-state index contributed by atoms with van der Waals surface area (Å²) in [5, 5.41) is 2.97. The van der Waals surface area contributed by atoms with Crippen LogP contribution in [0, 0.1) is 0 Å². The van der Waals surface area contributed by atoms with Crippen LogP contribution in [-0.2, 0) is 17.8 Å². The zero-order chi connectivity index (χ0) is 16.9. The highest BCUT2D eigenvalue weighted by atomic mass is 35.5. The number of rotatable bonds is 5. The summed E-state index contributed by atoms with van der Waals surface area (Å²) >= 11 is 0. The van der Waals surface area contributed by atoms with Gasteiger partial charge in [-0.3, -0.25) is 4.79 Å². The Hall–Kier alpha value is -1.75. The van der Waals surface area contributed by atoms with Crippen LogP contribution in [0.1, 0.15) is 30.9 Å². The standard InChI is InChI=1S/C20H25N3O.2ClH/c1-15-6-9-17-4-2-3-5-19(17)23(15)13-12-20(24)22-18-10-7-16(14-21)8-11-18;;/h2-5,7-8,10-11,15H,6,9,12-14,21H2,1H3,(H,22,24);2*1H. The fourth-order valence-electron chi connectivity index (χ4n) is 3.27. The van der Waals surface area contributed by atoms with Gasteiger partial charge in [0.05, 0.1) is 0 Å². The van der Waals surface area contributed by atoms with E-state index >= 15 is 0 Å². The Balaban J connectivity index is 0.00000169. The van der Waals surface area contributed by atoms with Gasteiger partial charge < -0.3 is 16.0 Å². The fraction of sp³-hybridized carbons (Fsp3) is 0.350. The van der Waals surface area contributed by atoms with Crippen molar-refractivity contribution in [2.45, 2.75) is 38.8 Å². The summed E-state index contributed by atoms with van der Waals surface area (Å²) in [5.41, 5.74) is 10.1. The average Bonchev–Trinajstić information content (AvgIpc) is 2.61. The van der Waals surface area contributed by atoms with Crippen molar-refractivity contribution in [3.05, 3.63) is 59.7 Å². The van der Waals surface area contributed by atoms with Gasteiger partial charge in [0.15, 0.2) is 0 Å². The van der Waals surface area contributed by atoms with Crippen LogP contribution in [0.5, 0.6) is 0 Å². The van der Waals surface area contributed by atoms with Crippen molar-refractivity contribution in [2.24, 2.45) is 5.73 Å². The maximum atomic E-state index is 12.3. The molecule has 3 rings (SSSR count). The molecular formula is C20H27Cl2N3O. The normalized spacial score (nSPS) is 15.3. The Bertz CT molecular complexity index is 706. The number of anilines is 2. The third-order valence-electron chi connectivity index (χ3n) is 4.72. The number of hydrogen-bond donors (Lipinski definition) is 2. The number of hydrogen-bond acceptors (Lipinski definition) is 3.